The largest absolute Gasteiger partial charge is 0.364 e. The van der Waals surface area contributed by atoms with Crippen LogP contribution in [0.4, 0.5) is 0 Å². The predicted molar refractivity (Wildman–Crippen MR) is 89.8 cm³/mol. The summed E-state index contributed by atoms with van der Waals surface area (Å²) in [6.07, 6.45) is 5.57. The van der Waals surface area contributed by atoms with Crippen LogP contribution in [-0.2, 0) is 0 Å². The maximum atomic E-state index is 12.5. The van der Waals surface area contributed by atoms with E-state index in [0.717, 1.165) is 24.8 Å². The number of nitrogens with two attached hydrogens (primary N) is 1. The van der Waals surface area contributed by atoms with Crippen LogP contribution in [-0.4, -0.2) is 27.8 Å². The molecule has 1 aliphatic rings. The Morgan fingerprint density at radius 1 is 1.08 bits per heavy atom. The van der Waals surface area contributed by atoms with E-state index in [4.69, 9.17) is 17.3 Å². The number of hydrogen-bond donors (Lipinski definition) is 2. The van der Waals surface area contributed by atoms with Gasteiger partial charge in [0.15, 0.2) is 11.4 Å². The third-order valence-electron chi connectivity index (χ3n) is 4.28. The van der Waals surface area contributed by atoms with Crippen LogP contribution in [0.2, 0.25) is 5.02 Å². The molecule has 1 aromatic carbocycles. The molecule has 0 aliphatic heterocycles. The number of halogens is 1. The number of hydrogen-bond acceptors (Lipinski definition) is 4. The number of aromatic nitrogens is 2. The number of nitrogens with zero attached hydrogens (tertiary/aromatic N) is 2. The lowest BCUT2D eigenvalue weighted by atomic mass is 9.94. The van der Waals surface area contributed by atoms with Crippen molar-refractivity contribution in [2.45, 2.75) is 31.2 Å². The zero-order valence-corrected chi connectivity index (χ0v) is 13.7. The first-order chi connectivity index (χ1) is 11.6. The first-order valence-corrected chi connectivity index (χ1v) is 8.11. The van der Waals surface area contributed by atoms with Gasteiger partial charge in [0.2, 0.25) is 0 Å². The summed E-state index contributed by atoms with van der Waals surface area (Å²) in [5.41, 5.74) is 6.24. The molecule has 2 amide bonds. The molecule has 1 saturated carbocycles. The number of carbonyl (C=O) groups excluding carboxylic acids is 2. The lowest BCUT2D eigenvalue weighted by Gasteiger charge is -2.21. The van der Waals surface area contributed by atoms with Crippen molar-refractivity contribution in [1.82, 2.24) is 15.3 Å². The second kappa shape index (κ2) is 6.97. The maximum Gasteiger partial charge on any atom is 0.272 e. The monoisotopic (exact) mass is 344 g/mol. The van der Waals surface area contributed by atoms with Crippen molar-refractivity contribution in [2.24, 2.45) is 5.73 Å². The third-order valence-corrected chi connectivity index (χ3v) is 4.53. The van der Waals surface area contributed by atoms with Crippen LogP contribution in [0.1, 0.15) is 51.7 Å². The molecular formula is C17H17ClN4O2. The smallest absolute Gasteiger partial charge is 0.272 e. The summed E-state index contributed by atoms with van der Waals surface area (Å²) in [5.74, 6) is -0.989. The highest BCUT2D eigenvalue weighted by atomic mass is 35.5. The Labute approximate surface area is 144 Å². The van der Waals surface area contributed by atoms with Crippen molar-refractivity contribution in [3.63, 3.8) is 0 Å². The summed E-state index contributed by atoms with van der Waals surface area (Å²) >= 11 is 5.94. The lowest BCUT2D eigenvalue weighted by molar-refractivity contribution is 0.0912. The summed E-state index contributed by atoms with van der Waals surface area (Å²) in [5, 5.41) is 3.65. The minimum absolute atomic E-state index is 0.0265. The van der Waals surface area contributed by atoms with Crippen LogP contribution >= 0.6 is 11.6 Å². The van der Waals surface area contributed by atoms with E-state index in [2.05, 4.69) is 15.3 Å². The quantitative estimate of drug-likeness (QED) is 0.889. The predicted octanol–water partition coefficient (Wildman–Crippen LogP) is 2.29. The van der Waals surface area contributed by atoms with E-state index >= 15 is 0 Å². The van der Waals surface area contributed by atoms with E-state index in [1.807, 2.05) is 24.3 Å². The van der Waals surface area contributed by atoms with Gasteiger partial charge in [-0.3, -0.25) is 9.59 Å². The summed E-state index contributed by atoms with van der Waals surface area (Å²) in [6, 6.07) is 7.63. The second-order valence-electron chi connectivity index (χ2n) is 5.79. The number of benzene rings is 1. The van der Waals surface area contributed by atoms with E-state index in [-0.39, 0.29) is 23.3 Å². The van der Waals surface area contributed by atoms with Gasteiger partial charge in [-0.1, -0.05) is 30.2 Å². The van der Waals surface area contributed by atoms with E-state index in [1.165, 1.54) is 12.4 Å². The molecule has 0 saturated heterocycles. The zero-order chi connectivity index (χ0) is 17.1. The first kappa shape index (κ1) is 16.4. The summed E-state index contributed by atoms with van der Waals surface area (Å²) in [7, 11) is 0. The molecule has 3 rings (SSSR count). The number of carbonyl (C=O) groups is 2. The van der Waals surface area contributed by atoms with Crippen molar-refractivity contribution >= 4 is 23.4 Å². The minimum atomic E-state index is -0.770. The summed E-state index contributed by atoms with van der Waals surface area (Å²) in [6.45, 7) is 0. The number of rotatable bonds is 4. The molecule has 2 aromatic rings. The highest BCUT2D eigenvalue weighted by Gasteiger charge is 2.31. The Balaban J connectivity index is 1.79. The Morgan fingerprint density at radius 2 is 1.75 bits per heavy atom. The average molecular weight is 345 g/mol. The van der Waals surface area contributed by atoms with Crippen molar-refractivity contribution in [3.8, 4) is 0 Å². The first-order valence-electron chi connectivity index (χ1n) is 7.73. The Hall–Kier alpha value is -2.47. The fraction of sp³-hybridized carbons (Fsp3) is 0.294. The molecule has 24 heavy (non-hydrogen) atoms. The van der Waals surface area contributed by atoms with Crippen LogP contribution in [0, 0.1) is 0 Å². The van der Waals surface area contributed by atoms with Gasteiger partial charge in [-0.2, -0.15) is 0 Å². The SMILES string of the molecule is NC(=O)c1nccnc1C(=O)N[C@@H]1CCC[C@@H]1c1ccc(Cl)cc1. The van der Waals surface area contributed by atoms with Gasteiger partial charge < -0.3 is 11.1 Å². The molecule has 124 valence electrons. The topological polar surface area (TPSA) is 98.0 Å². The van der Waals surface area contributed by atoms with Crippen molar-refractivity contribution in [3.05, 3.63) is 58.6 Å². The second-order valence-corrected chi connectivity index (χ2v) is 6.22. The standard InChI is InChI=1S/C17H17ClN4O2/c18-11-6-4-10(5-7-11)12-2-1-3-13(12)22-17(24)15-14(16(19)23)20-8-9-21-15/h4-9,12-13H,1-3H2,(H2,19,23)(H,22,24)/t12-,13-/m1/s1. The van der Waals surface area contributed by atoms with Gasteiger partial charge in [-0.25, -0.2) is 9.97 Å². The molecule has 7 heteroatoms. The normalized spacial score (nSPS) is 19.9. The van der Waals surface area contributed by atoms with E-state index in [1.54, 1.807) is 0 Å². The third kappa shape index (κ3) is 3.38. The fourth-order valence-electron chi connectivity index (χ4n) is 3.16. The number of nitrogens with one attached hydrogen (secondary N) is 1. The highest BCUT2D eigenvalue weighted by Crippen LogP contribution is 2.35. The van der Waals surface area contributed by atoms with Crippen molar-refractivity contribution < 1.29 is 9.59 Å². The zero-order valence-electron chi connectivity index (χ0n) is 12.9. The van der Waals surface area contributed by atoms with Gasteiger partial charge >= 0.3 is 0 Å². The molecule has 0 spiro atoms. The molecule has 1 aromatic heterocycles. The van der Waals surface area contributed by atoms with E-state index in [0.29, 0.717) is 5.02 Å². The molecule has 3 N–H and O–H groups in total. The van der Waals surface area contributed by atoms with E-state index < -0.39 is 11.8 Å². The highest BCUT2D eigenvalue weighted by molar-refractivity contribution is 6.30. The Morgan fingerprint density at radius 3 is 2.42 bits per heavy atom. The summed E-state index contributed by atoms with van der Waals surface area (Å²) in [4.78, 5) is 31.7. The molecule has 2 atom stereocenters. The molecule has 0 radical (unpaired) electrons. The molecule has 6 nitrogen and oxygen atoms in total. The van der Waals surface area contributed by atoms with Gasteiger partial charge in [0.25, 0.3) is 11.8 Å². The van der Waals surface area contributed by atoms with Crippen molar-refractivity contribution in [2.75, 3.05) is 0 Å². The molecule has 0 bridgehead atoms. The number of amides is 2. The molecule has 0 unspecified atom stereocenters. The average Bonchev–Trinajstić information content (AvgIpc) is 3.03. The fourth-order valence-corrected chi connectivity index (χ4v) is 3.29. The molecular weight excluding hydrogens is 328 g/mol. The maximum absolute atomic E-state index is 12.5. The Bertz CT molecular complexity index is 763. The summed E-state index contributed by atoms with van der Waals surface area (Å²) < 4.78 is 0. The minimum Gasteiger partial charge on any atom is -0.364 e. The van der Waals surface area contributed by atoms with Crippen LogP contribution < -0.4 is 11.1 Å². The van der Waals surface area contributed by atoms with Crippen LogP contribution in [0.5, 0.6) is 0 Å². The van der Waals surface area contributed by atoms with E-state index in [9.17, 15) is 9.59 Å². The van der Waals surface area contributed by atoms with Gasteiger partial charge in [-0.15, -0.1) is 0 Å². The van der Waals surface area contributed by atoms with Gasteiger partial charge in [0, 0.05) is 29.4 Å². The van der Waals surface area contributed by atoms with Gasteiger partial charge in [0.05, 0.1) is 0 Å². The van der Waals surface area contributed by atoms with Crippen LogP contribution in [0.3, 0.4) is 0 Å². The number of primary amides is 1. The molecule has 1 aliphatic carbocycles. The lowest BCUT2D eigenvalue weighted by Crippen LogP contribution is -2.38. The Kier molecular flexibility index (Phi) is 4.76. The molecule has 1 heterocycles. The van der Waals surface area contributed by atoms with Gasteiger partial charge in [0.1, 0.15) is 0 Å². The van der Waals surface area contributed by atoms with Gasteiger partial charge in [-0.05, 0) is 30.5 Å². The van der Waals surface area contributed by atoms with Crippen LogP contribution in [0.25, 0.3) is 0 Å². The molecule has 1 fully saturated rings. The van der Waals surface area contributed by atoms with Crippen molar-refractivity contribution in [1.29, 1.82) is 0 Å². The van der Waals surface area contributed by atoms with Crippen LogP contribution in [0.15, 0.2) is 36.7 Å².